The molecule has 0 saturated carbocycles. The first-order chi connectivity index (χ1) is 12.2. The number of nitrogens with one attached hydrogen (secondary N) is 1. The van der Waals surface area contributed by atoms with Gasteiger partial charge in [-0.05, 0) is 31.5 Å². The van der Waals surface area contributed by atoms with E-state index >= 15 is 0 Å². The number of ether oxygens (including phenoxy) is 2. The molecule has 0 fully saturated rings. The summed E-state index contributed by atoms with van der Waals surface area (Å²) in [5.74, 6) is 1.07. The molecule has 25 heavy (non-hydrogen) atoms. The molecule has 0 aliphatic carbocycles. The molecule has 7 heteroatoms. The Morgan fingerprint density at radius 2 is 1.92 bits per heavy atom. The standard InChI is InChI=1S/C18H25N3O3S/c1-3-9-23-15-6-5-13(11-16(15)24-10-4-2)20-18(22)14-12-25-17(21-14)7-8-19/h5-6,11-12H,3-4,7-10,19H2,1-2H3,(H,20,22). The number of anilines is 1. The third-order valence-electron chi connectivity index (χ3n) is 3.27. The molecule has 6 nitrogen and oxygen atoms in total. The lowest BCUT2D eigenvalue weighted by Gasteiger charge is -2.14. The van der Waals surface area contributed by atoms with Crippen molar-refractivity contribution in [1.29, 1.82) is 0 Å². The number of amides is 1. The maximum Gasteiger partial charge on any atom is 0.275 e. The monoisotopic (exact) mass is 363 g/mol. The summed E-state index contributed by atoms with van der Waals surface area (Å²) in [6, 6.07) is 5.40. The summed E-state index contributed by atoms with van der Waals surface area (Å²) in [4.78, 5) is 16.6. The molecule has 0 radical (unpaired) electrons. The Labute approximate surface area is 152 Å². The van der Waals surface area contributed by atoms with Crippen LogP contribution >= 0.6 is 11.3 Å². The van der Waals surface area contributed by atoms with Crippen LogP contribution < -0.4 is 20.5 Å². The number of hydrogen-bond acceptors (Lipinski definition) is 6. The fourth-order valence-electron chi connectivity index (χ4n) is 2.09. The molecule has 0 aliphatic rings. The number of hydrogen-bond donors (Lipinski definition) is 2. The van der Waals surface area contributed by atoms with Gasteiger partial charge in [0, 0.05) is 23.6 Å². The van der Waals surface area contributed by atoms with E-state index in [4.69, 9.17) is 15.2 Å². The molecule has 2 rings (SSSR count). The number of thiazole rings is 1. The zero-order chi connectivity index (χ0) is 18.1. The molecule has 0 atom stereocenters. The average Bonchev–Trinajstić information content (AvgIpc) is 3.08. The van der Waals surface area contributed by atoms with E-state index in [1.54, 1.807) is 17.5 Å². The number of aromatic nitrogens is 1. The molecular formula is C18H25N3O3S. The highest BCUT2D eigenvalue weighted by Gasteiger charge is 2.13. The Hall–Kier alpha value is -2.12. The van der Waals surface area contributed by atoms with E-state index in [0.717, 1.165) is 17.8 Å². The minimum atomic E-state index is -0.247. The second kappa shape index (κ2) is 10.0. The first-order valence-electron chi connectivity index (χ1n) is 8.53. The molecule has 1 amide bonds. The van der Waals surface area contributed by atoms with Crippen LogP contribution in [0.4, 0.5) is 5.69 Å². The highest BCUT2D eigenvalue weighted by molar-refractivity contribution is 7.09. The molecule has 0 spiro atoms. The highest BCUT2D eigenvalue weighted by Crippen LogP contribution is 2.31. The summed E-state index contributed by atoms with van der Waals surface area (Å²) in [6.45, 7) is 5.82. The van der Waals surface area contributed by atoms with Crippen molar-refractivity contribution in [1.82, 2.24) is 4.98 Å². The van der Waals surface area contributed by atoms with Crippen LogP contribution in [0, 0.1) is 0 Å². The summed E-state index contributed by atoms with van der Waals surface area (Å²) in [6.07, 6.45) is 2.49. The molecule has 0 aliphatic heterocycles. The van der Waals surface area contributed by atoms with Gasteiger partial charge in [0.1, 0.15) is 5.69 Å². The molecule has 0 unspecified atom stereocenters. The summed E-state index contributed by atoms with van der Waals surface area (Å²) in [5, 5.41) is 5.46. The van der Waals surface area contributed by atoms with Crippen molar-refractivity contribution in [3.8, 4) is 11.5 Å². The van der Waals surface area contributed by atoms with Crippen LogP contribution in [0.5, 0.6) is 11.5 Å². The minimum Gasteiger partial charge on any atom is -0.490 e. The zero-order valence-electron chi connectivity index (χ0n) is 14.7. The average molecular weight is 363 g/mol. The van der Waals surface area contributed by atoms with E-state index in [1.165, 1.54) is 11.3 Å². The minimum absolute atomic E-state index is 0.247. The number of benzene rings is 1. The van der Waals surface area contributed by atoms with Gasteiger partial charge in [0.05, 0.1) is 18.2 Å². The van der Waals surface area contributed by atoms with Crippen molar-refractivity contribution < 1.29 is 14.3 Å². The Morgan fingerprint density at radius 3 is 2.60 bits per heavy atom. The summed E-state index contributed by atoms with van der Waals surface area (Å²) < 4.78 is 11.4. The maximum absolute atomic E-state index is 12.3. The van der Waals surface area contributed by atoms with Crippen LogP contribution in [0.15, 0.2) is 23.6 Å². The van der Waals surface area contributed by atoms with Crippen LogP contribution in [0.1, 0.15) is 42.2 Å². The lowest BCUT2D eigenvalue weighted by atomic mass is 10.2. The Kier molecular flexibility index (Phi) is 7.69. The van der Waals surface area contributed by atoms with Crippen LogP contribution in [0.3, 0.4) is 0 Å². The van der Waals surface area contributed by atoms with E-state index < -0.39 is 0 Å². The van der Waals surface area contributed by atoms with Crippen molar-refractivity contribution in [2.45, 2.75) is 33.1 Å². The molecule has 3 N–H and O–H groups in total. The van der Waals surface area contributed by atoms with Crippen molar-refractivity contribution in [3.05, 3.63) is 34.3 Å². The maximum atomic E-state index is 12.3. The van der Waals surface area contributed by atoms with Crippen molar-refractivity contribution in [2.75, 3.05) is 25.1 Å². The van der Waals surface area contributed by atoms with Gasteiger partial charge in [-0.3, -0.25) is 4.79 Å². The lowest BCUT2D eigenvalue weighted by Crippen LogP contribution is -2.13. The van der Waals surface area contributed by atoms with Gasteiger partial charge in [-0.25, -0.2) is 4.98 Å². The lowest BCUT2D eigenvalue weighted by molar-refractivity contribution is 0.102. The second-order valence-electron chi connectivity index (χ2n) is 5.48. The molecule has 1 aromatic carbocycles. The topological polar surface area (TPSA) is 86.5 Å². The van der Waals surface area contributed by atoms with Gasteiger partial charge < -0.3 is 20.5 Å². The van der Waals surface area contributed by atoms with Crippen molar-refractivity contribution >= 4 is 22.9 Å². The Balaban J connectivity index is 2.10. The number of rotatable bonds is 10. The smallest absolute Gasteiger partial charge is 0.275 e. The third kappa shape index (κ3) is 5.72. The number of carbonyl (C=O) groups excluding carboxylic acids is 1. The molecule has 2 aromatic rings. The number of nitrogens with two attached hydrogens (primary N) is 1. The molecule has 1 heterocycles. The quantitative estimate of drug-likeness (QED) is 0.675. The van der Waals surface area contributed by atoms with Gasteiger partial charge in [0.2, 0.25) is 0 Å². The van der Waals surface area contributed by atoms with E-state index in [2.05, 4.69) is 10.3 Å². The normalized spacial score (nSPS) is 10.5. The van der Waals surface area contributed by atoms with Crippen molar-refractivity contribution in [2.24, 2.45) is 5.73 Å². The summed E-state index contributed by atoms with van der Waals surface area (Å²) >= 11 is 1.44. The van der Waals surface area contributed by atoms with Gasteiger partial charge >= 0.3 is 0 Å². The predicted molar refractivity (Wildman–Crippen MR) is 101 cm³/mol. The van der Waals surface area contributed by atoms with Crippen LogP contribution in [-0.2, 0) is 6.42 Å². The molecule has 0 bridgehead atoms. The van der Waals surface area contributed by atoms with E-state index in [-0.39, 0.29) is 5.91 Å². The molecule has 1 aromatic heterocycles. The predicted octanol–water partition coefficient (Wildman–Crippen LogP) is 3.47. The molecule has 0 saturated heterocycles. The SMILES string of the molecule is CCCOc1ccc(NC(=O)c2csc(CCN)n2)cc1OCCC. The van der Waals surface area contributed by atoms with E-state index in [9.17, 15) is 4.79 Å². The van der Waals surface area contributed by atoms with Crippen molar-refractivity contribution in [3.63, 3.8) is 0 Å². The van der Waals surface area contributed by atoms with E-state index in [1.807, 2.05) is 19.9 Å². The number of carbonyl (C=O) groups is 1. The zero-order valence-corrected chi connectivity index (χ0v) is 15.5. The molecular weight excluding hydrogens is 338 g/mol. The van der Waals surface area contributed by atoms with Gasteiger partial charge in [0.25, 0.3) is 5.91 Å². The Morgan fingerprint density at radius 1 is 1.20 bits per heavy atom. The fourth-order valence-corrected chi connectivity index (χ4v) is 2.88. The van der Waals surface area contributed by atoms with Gasteiger partial charge in [-0.15, -0.1) is 11.3 Å². The third-order valence-corrected chi connectivity index (χ3v) is 4.18. The van der Waals surface area contributed by atoms with Crippen LogP contribution in [0.2, 0.25) is 0 Å². The van der Waals surface area contributed by atoms with Crippen LogP contribution in [-0.4, -0.2) is 30.6 Å². The largest absolute Gasteiger partial charge is 0.490 e. The van der Waals surface area contributed by atoms with Crippen LogP contribution in [0.25, 0.3) is 0 Å². The van der Waals surface area contributed by atoms with Gasteiger partial charge in [0.15, 0.2) is 11.5 Å². The molecule has 136 valence electrons. The second-order valence-corrected chi connectivity index (χ2v) is 6.42. The first-order valence-corrected chi connectivity index (χ1v) is 9.41. The Bertz CT molecular complexity index is 688. The van der Waals surface area contributed by atoms with Gasteiger partial charge in [-0.2, -0.15) is 0 Å². The summed E-state index contributed by atoms with van der Waals surface area (Å²) in [5.41, 5.74) is 6.56. The highest BCUT2D eigenvalue weighted by atomic mass is 32.1. The summed E-state index contributed by atoms with van der Waals surface area (Å²) in [7, 11) is 0. The number of nitrogens with zero attached hydrogens (tertiary/aromatic N) is 1. The fraction of sp³-hybridized carbons (Fsp3) is 0.444. The van der Waals surface area contributed by atoms with Gasteiger partial charge in [-0.1, -0.05) is 13.8 Å². The van der Waals surface area contributed by atoms with E-state index in [0.29, 0.717) is 49.1 Å². The first kappa shape index (κ1) is 19.2.